The minimum atomic E-state index is -4.11. The summed E-state index contributed by atoms with van der Waals surface area (Å²) in [4.78, 5) is 15.7. The maximum atomic E-state index is 13.8. The van der Waals surface area contributed by atoms with Gasteiger partial charge in [-0.2, -0.15) is 0 Å². The van der Waals surface area contributed by atoms with Crippen LogP contribution < -0.4 is 24.0 Å². The first kappa shape index (κ1) is 27.3. The van der Waals surface area contributed by atoms with Gasteiger partial charge in [-0.25, -0.2) is 8.42 Å². The summed E-state index contributed by atoms with van der Waals surface area (Å²) >= 11 is 0. The van der Waals surface area contributed by atoms with Gasteiger partial charge >= 0.3 is 0 Å². The van der Waals surface area contributed by atoms with Gasteiger partial charge in [0.05, 0.1) is 30.8 Å². The summed E-state index contributed by atoms with van der Waals surface area (Å²) in [5.41, 5.74) is 3.25. The number of rotatable bonds is 10. The van der Waals surface area contributed by atoms with Gasteiger partial charge in [-0.3, -0.25) is 9.10 Å². The van der Waals surface area contributed by atoms with Crippen molar-refractivity contribution in [3.63, 3.8) is 0 Å². The van der Waals surface area contributed by atoms with Crippen molar-refractivity contribution < 1.29 is 22.7 Å². The highest BCUT2D eigenvalue weighted by atomic mass is 32.2. The quantitative estimate of drug-likeness (QED) is 0.404. The minimum Gasteiger partial charge on any atom is -0.497 e. The maximum absolute atomic E-state index is 13.8. The summed E-state index contributed by atoms with van der Waals surface area (Å²) in [5.74, 6) is 0.304. The van der Waals surface area contributed by atoms with E-state index in [0.29, 0.717) is 11.5 Å². The zero-order valence-electron chi connectivity index (χ0n) is 22.3. The summed E-state index contributed by atoms with van der Waals surface area (Å²) in [6, 6.07) is 19.2. The number of nitrogens with one attached hydrogen (secondary N) is 1. The Balaban J connectivity index is 1.60. The maximum Gasteiger partial charge on any atom is 0.264 e. The molecule has 0 radical (unpaired) electrons. The molecular weight excluding hydrogens is 502 g/mol. The topological polar surface area (TPSA) is 88.2 Å². The number of amides is 1. The summed E-state index contributed by atoms with van der Waals surface area (Å²) in [6.07, 6.45) is 2.41. The van der Waals surface area contributed by atoms with E-state index in [0.717, 1.165) is 28.5 Å². The van der Waals surface area contributed by atoms with Crippen LogP contribution >= 0.6 is 0 Å². The fourth-order valence-electron chi connectivity index (χ4n) is 4.58. The van der Waals surface area contributed by atoms with Gasteiger partial charge in [0.25, 0.3) is 10.0 Å². The highest BCUT2D eigenvalue weighted by molar-refractivity contribution is 7.92. The number of hydrogen-bond acceptors (Lipinski definition) is 6. The predicted octanol–water partition coefficient (Wildman–Crippen LogP) is 4.69. The van der Waals surface area contributed by atoms with E-state index in [2.05, 4.69) is 22.3 Å². The molecule has 1 saturated heterocycles. The normalized spacial score (nSPS) is 14.2. The first-order valence-corrected chi connectivity index (χ1v) is 14.1. The fourth-order valence-corrected chi connectivity index (χ4v) is 6.00. The van der Waals surface area contributed by atoms with Crippen molar-refractivity contribution in [1.82, 2.24) is 5.32 Å². The van der Waals surface area contributed by atoms with Gasteiger partial charge in [-0.1, -0.05) is 29.8 Å². The number of ether oxygens (including phenoxy) is 2. The summed E-state index contributed by atoms with van der Waals surface area (Å²) in [7, 11) is -1.16. The van der Waals surface area contributed by atoms with E-state index in [9.17, 15) is 13.2 Å². The van der Waals surface area contributed by atoms with Crippen LogP contribution in [0.2, 0.25) is 0 Å². The second kappa shape index (κ2) is 11.8. The summed E-state index contributed by atoms with van der Waals surface area (Å²) < 4.78 is 39.5. The van der Waals surface area contributed by atoms with Crippen LogP contribution in [0.3, 0.4) is 0 Å². The van der Waals surface area contributed by atoms with Crippen molar-refractivity contribution in [2.45, 2.75) is 37.6 Å². The van der Waals surface area contributed by atoms with Crippen molar-refractivity contribution in [2.75, 3.05) is 43.1 Å². The largest absolute Gasteiger partial charge is 0.497 e. The van der Waals surface area contributed by atoms with Crippen molar-refractivity contribution in [3.05, 3.63) is 77.9 Å². The molecule has 1 amide bonds. The molecule has 1 atom stereocenters. The van der Waals surface area contributed by atoms with Gasteiger partial charge in [0.1, 0.15) is 18.0 Å². The van der Waals surface area contributed by atoms with Crippen molar-refractivity contribution in [3.8, 4) is 11.5 Å². The molecule has 1 fully saturated rings. The zero-order chi connectivity index (χ0) is 27.3. The van der Waals surface area contributed by atoms with Gasteiger partial charge in [0.2, 0.25) is 5.91 Å². The van der Waals surface area contributed by atoms with Gasteiger partial charge in [0, 0.05) is 24.8 Å². The average Bonchev–Trinajstić information content (AvgIpc) is 3.47. The smallest absolute Gasteiger partial charge is 0.264 e. The van der Waals surface area contributed by atoms with Crippen LogP contribution in [0.1, 0.15) is 36.9 Å². The fraction of sp³-hybridized carbons (Fsp3) is 0.345. The van der Waals surface area contributed by atoms with Crippen molar-refractivity contribution in [2.24, 2.45) is 0 Å². The summed E-state index contributed by atoms with van der Waals surface area (Å²) in [6.45, 7) is 5.45. The Labute approximate surface area is 225 Å². The molecule has 3 aromatic rings. The van der Waals surface area contributed by atoms with E-state index in [-0.39, 0.29) is 16.6 Å². The number of carbonyl (C=O) groups excluding carboxylic acids is 1. The minimum absolute atomic E-state index is 0.0753. The van der Waals surface area contributed by atoms with Crippen molar-refractivity contribution in [1.29, 1.82) is 0 Å². The third-order valence-electron chi connectivity index (χ3n) is 6.79. The van der Waals surface area contributed by atoms with E-state index in [1.807, 2.05) is 26.0 Å². The number of sulfonamides is 1. The molecule has 0 aliphatic carbocycles. The second-order valence-corrected chi connectivity index (χ2v) is 11.3. The van der Waals surface area contributed by atoms with Crippen LogP contribution in [0.4, 0.5) is 11.4 Å². The van der Waals surface area contributed by atoms with Gasteiger partial charge in [0.15, 0.2) is 0 Å². The molecular formula is C29H35N3O5S. The number of carbonyl (C=O) groups is 1. The Morgan fingerprint density at radius 2 is 1.63 bits per heavy atom. The van der Waals surface area contributed by atoms with Crippen LogP contribution in [0.5, 0.6) is 11.5 Å². The molecule has 202 valence electrons. The Bertz CT molecular complexity index is 1350. The first-order chi connectivity index (χ1) is 18.2. The highest BCUT2D eigenvalue weighted by Crippen LogP contribution is 2.35. The number of methoxy groups -OCH3 is 2. The lowest BCUT2D eigenvalue weighted by Gasteiger charge is -2.27. The summed E-state index contributed by atoms with van der Waals surface area (Å²) in [5, 5.41) is 2.95. The lowest BCUT2D eigenvalue weighted by Crippen LogP contribution is -2.41. The average molecular weight is 538 g/mol. The molecule has 38 heavy (non-hydrogen) atoms. The molecule has 1 N–H and O–H groups in total. The Morgan fingerprint density at radius 3 is 2.24 bits per heavy atom. The van der Waals surface area contributed by atoms with Crippen LogP contribution in [0, 0.1) is 6.92 Å². The molecule has 8 nitrogen and oxygen atoms in total. The van der Waals surface area contributed by atoms with Crippen LogP contribution in [0.25, 0.3) is 0 Å². The van der Waals surface area contributed by atoms with E-state index in [4.69, 9.17) is 9.47 Å². The monoisotopic (exact) mass is 537 g/mol. The van der Waals surface area contributed by atoms with E-state index < -0.39 is 22.5 Å². The standard InChI is InChI=1S/C29H35N3O5S/c1-21-7-14-26(15-8-21)38(34,35)32(27-19-25(36-3)13-16-28(27)37-4)20-29(33)30-22(2)23-9-11-24(12-10-23)31-17-5-6-18-31/h7-16,19,22H,5-6,17-18,20H2,1-4H3,(H,30,33). The number of benzene rings is 3. The molecule has 0 spiro atoms. The molecule has 1 unspecified atom stereocenters. The van der Waals surface area contributed by atoms with Gasteiger partial charge < -0.3 is 19.7 Å². The number of hydrogen-bond donors (Lipinski definition) is 1. The first-order valence-electron chi connectivity index (χ1n) is 12.7. The second-order valence-electron chi connectivity index (χ2n) is 9.44. The molecule has 9 heteroatoms. The number of anilines is 2. The Morgan fingerprint density at radius 1 is 0.974 bits per heavy atom. The zero-order valence-corrected chi connectivity index (χ0v) is 23.1. The lowest BCUT2D eigenvalue weighted by molar-refractivity contribution is -0.120. The molecule has 1 aliphatic rings. The molecule has 0 aromatic heterocycles. The van der Waals surface area contributed by atoms with Crippen LogP contribution in [-0.2, 0) is 14.8 Å². The van der Waals surface area contributed by atoms with Gasteiger partial charge in [-0.05, 0) is 68.7 Å². The van der Waals surface area contributed by atoms with E-state index in [1.165, 1.54) is 44.9 Å². The SMILES string of the molecule is COc1ccc(OC)c(N(CC(=O)NC(C)c2ccc(N3CCCC3)cc2)S(=O)(=O)c2ccc(C)cc2)c1. The van der Waals surface area contributed by atoms with Crippen LogP contribution in [-0.4, -0.2) is 48.2 Å². The number of nitrogens with zero attached hydrogens (tertiary/aromatic N) is 2. The Kier molecular flexibility index (Phi) is 8.46. The highest BCUT2D eigenvalue weighted by Gasteiger charge is 2.30. The molecule has 0 bridgehead atoms. The molecule has 1 heterocycles. The van der Waals surface area contributed by atoms with Crippen molar-refractivity contribution >= 4 is 27.3 Å². The third-order valence-corrected chi connectivity index (χ3v) is 8.57. The van der Waals surface area contributed by atoms with Crippen LogP contribution in [0.15, 0.2) is 71.6 Å². The molecule has 0 saturated carbocycles. The molecule has 3 aromatic carbocycles. The Hall–Kier alpha value is -3.72. The van der Waals surface area contributed by atoms with E-state index in [1.54, 1.807) is 30.3 Å². The number of aryl methyl sites for hydroxylation is 1. The van der Waals surface area contributed by atoms with E-state index >= 15 is 0 Å². The molecule has 4 rings (SSSR count). The lowest BCUT2D eigenvalue weighted by atomic mass is 10.1. The third kappa shape index (κ3) is 6.05. The molecule has 1 aliphatic heterocycles. The van der Waals surface area contributed by atoms with Gasteiger partial charge in [-0.15, -0.1) is 0 Å². The predicted molar refractivity (Wildman–Crippen MR) is 150 cm³/mol.